The second-order valence-electron chi connectivity index (χ2n) is 6.98. The molecule has 1 amide bonds. The van der Waals surface area contributed by atoms with E-state index in [1.54, 1.807) is 24.0 Å². The summed E-state index contributed by atoms with van der Waals surface area (Å²) in [7, 11) is -3.21. The fourth-order valence-corrected chi connectivity index (χ4v) is 3.49. The Kier molecular flexibility index (Phi) is 6.28. The Morgan fingerprint density at radius 1 is 1.23 bits per heavy atom. The molecular weight excluding hydrogens is 358 g/mol. The quantitative estimate of drug-likeness (QED) is 0.689. The lowest BCUT2D eigenvalue weighted by Crippen LogP contribution is -2.34. The molecule has 1 aromatic rings. The fourth-order valence-electron chi connectivity index (χ4n) is 2.86. The second-order valence-corrected chi connectivity index (χ2v) is 9.00. The maximum Gasteiger partial charge on any atom is 0.311 e. The molecule has 7 nitrogen and oxygen atoms in total. The van der Waals surface area contributed by atoms with Gasteiger partial charge < -0.3 is 14.7 Å². The second kappa shape index (κ2) is 8.07. The number of nitrogens with zero attached hydrogens (tertiary/aromatic N) is 1. The number of carbonyl (C=O) groups is 2. The zero-order chi connectivity index (χ0) is 19.4. The largest absolute Gasteiger partial charge is 0.494 e. The molecule has 1 aliphatic rings. The number of likely N-dealkylation sites (tertiary alicyclic amines) is 1. The molecule has 1 unspecified atom stereocenters. The van der Waals surface area contributed by atoms with E-state index in [9.17, 15) is 23.1 Å². The normalized spacial score (nSPS) is 20.2. The average Bonchev–Trinajstić information content (AvgIpc) is 2.98. The first-order valence-corrected chi connectivity index (χ1v) is 10.4. The van der Waals surface area contributed by atoms with Crippen molar-refractivity contribution in [1.29, 1.82) is 0 Å². The monoisotopic (exact) mass is 383 g/mol. The third-order valence-electron chi connectivity index (χ3n) is 4.65. The van der Waals surface area contributed by atoms with Gasteiger partial charge in [0, 0.05) is 25.8 Å². The van der Waals surface area contributed by atoms with Crippen LogP contribution in [0.15, 0.2) is 29.2 Å². The van der Waals surface area contributed by atoms with Gasteiger partial charge in [-0.05, 0) is 50.5 Å². The van der Waals surface area contributed by atoms with Gasteiger partial charge in [0.05, 0.1) is 16.9 Å². The van der Waals surface area contributed by atoms with Crippen LogP contribution in [-0.4, -0.2) is 56.3 Å². The Hall–Kier alpha value is -2.09. The Bertz CT molecular complexity index is 758. The molecule has 0 bridgehead atoms. The molecule has 0 aromatic heterocycles. The van der Waals surface area contributed by atoms with Crippen molar-refractivity contribution in [1.82, 2.24) is 4.90 Å². The molecule has 1 fully saturated rings. The molecular formula is C18H25NO6S. The zero-order valence-corrected chi connectivity index (χ0v) is 15.9. The van der Waals surface area contributed by atoms with Gasteiger partial charge in [-0.3, -0.25) is 9.59 Å². The standard InChI is InChI=1S/C18H25NO6S/c1-18(17(21)22)10-11-19(13-18)16(20)5-3-4-12-25-14-6-8-15(9-7-14)26(2,23)24/h6-9H,3-5,10-13H2,1-2H3,(H,21,22). The molecule has 0 spiro atoms. The van der Waals surface area contributed by atoms with E-state index in [2.05, 4.69) is 0 Å². The number of carbonyl (C=O) groups excluding carboxylic acids is 1. The number of benzene rings is 1. The number of amides is 1. The van der Waals surface area contributed by atoms with Crippen molar-refractivity contribution in [3.63, 3.8) is 0 Å². The van der Waals surface area contributed by atoms with Crippen LogP contribution in [0.5, 0.6) is 5.75 Å². The highest BCUT2D eigenvalue weighted by Gasteiger charge is 2.41. The van der Waals surface area contributed by atoms with Gasteiger partial charge in [0.2, 0.25) is 5.91 Å². The number of rotatable bonds is 8. The molecule has 0 saturated carbocycles. The Balaban J connectivity index is 1.68. The van der Waals surface area contributed by atoms with Gasteiger partial charge in [-0.2, -0.15) is 0 Å². The minimum atomic E-state index is -3.21. The van der Waals surface area contributed by atoms with Gasteiger partial charge in [0.15, 0.2) is 9.84 Å². The maximum atomic E-state index is 12.2. The van der Waals surface area contributed by atoms with Crippen molar-refractivity contribution in [2.24, 2.45) is 5.41 Å². The van der Waals surface area contributed by atoms with Gasteiger partial charge in [0.25, 0.3) is 0 Å². The van der Waals surface area contributed by atoms with Crippen molar-refractivity contribution < 1.29 is 27.9 Å². The maximum absolute atomic E-state index is 12.2. The van der Waals surface area contributed by atoms with Crippen LogP contribution in [0, 0.1) is 5.41 Å². The third kappa shape index (κ3) is 5.20. The minimum Gasteiger partial charge on any atom is -0.494 e. The van der Waals surface area contributed by atoms with Crippen molar-refractivity contribution in [3.8, 4) is 5.75 Å². The van der Waals surface area contributed by atoms with Crippen molar-refractivity contribution in [2.75, 3.05) is 26.0 Å². The molecule has 2 rings (SSSR count). The molecule has 8 heteroatoms. The Morgan fingerprint density at radius 2 is 1.88 bits per heavy atom. The molecule has 1 aromatic carbocycles. The van der Waals surface area contributed by atoms with Crippen LogP contribution in [0.25, 0.3) is 0 Å². The molecule has 1 aliphatic heterocycles. The van der Waals surface area contributed by atoms with E-state index in [-0.39, 0.29) is 17.3 Å². The predicted molar refractivity (Wildman–Crippen MR) is 95.8 cm³/mol. The molecule has 1 saturated heterocycles. The van der Waals surface area contributed by atoms with Crippen molar-refractivity contribution in [3.05, 3.63) is 24.3 Å². The topological polar surface area (TPSA) is 101 Å². The van der Waals surface area contributed by atoms with Gasteiger partial charge in [0.1, 0.15) is 5.75 Å². The Morgan fingerprint density at radius 3 is 2.42 bits per heavy atom. The summed E-state index contributed by atoms with van der Waals surface area (Å²) < 4.78 is 28.3. The Labute approximate surface area is 153 Å². The number of carboxylic acid groups (broad SMARTS) is 1. The smallest absolute Gasteiger partial charge is 0.311 e. The summed E-state index contributed by atoms with van der Waals surface area (Å²) in [5.74, 6) is -0.295. The number of sulfone groups is 1. The molecule has 0 aliphatic carbocycles. The van der Waals surface area contributed by atoms with E-state index >= 15 is 0 Å². The summed E-state index contributed by atoms with van der Waals surface area (Å²) in [6.45, 7) is 2.86. The van der Waals surface area contributed by atoms with Gasteiger partial charge in [-0.25, -0.2) is 8.42 Å². The number of carboxylic acids is 1. The van der Waals surface area contributed by atoms with Crippen LogP contribution in [0.2, 0.25) is 0 Å². The van der Waals surface area contributed by atoms with Crippen LogP contribution >= 0.6 is 0 Å². The molecule has 1 N–H and O–H groups in total. The first-order chi connectivity index (χ1) is 12.1. The SMILES string of the molecule is CC1(C(=O)O)CCN(C(=O)CCCCOc2ccc(S(C)(=O)=O)cc2)C1. The van der Waals surface area contributed by atoms with Crippen LogP contribution in [0.3, 0.4) is 0 Å². The highest BCUT2D eigenvalue weighted by Crippen LogP contribution is 2.30. The summed E-state index contributed by atoms with van der Waals surface area (Å²) in [5.41, 5.74) is -0.836. The number of hydrogen-bond acceptors (Lipinski definition) is 5. The average molecular weight is 383 g/mol. The first-order valence-electron chi connectivity index (χ1n) is 8.56. The molecule has 0 radical (unpaired) electrons. The summed E-state index contributed by atoms with van der Waals surface area (Å²) in [5, 5.41) is 9.20. The van der Waals surface area contributed by atoms with E-state index in [0.717, 1.165) is 6.26 Å². The lowest BCUT2D eigenvalue weighted by molar-refractivity contribution is -0.147. The zero-order valence-electron chi connectivity index (χ0n) is 15.1. The molecule has 26 heavy (non-hydrogen) atoms. The van der Waals surface area contributed by atoms with E-state index in [1.165, 1.54) is 12.1 Å². The van der Waals surface area contributed by atoms with Crippen LogP contribution in [0.4, 0.5) is 0 Å². The van der Waals surface area contributed by atoms with E-state index in [1.807, 2.05) is 0 Å². The van der Waals surface area contributed by atoms with E-state index in [0.29, 0.717) is 44.6 Å². The van der Waals surface area contributed by atoms with Crippen LogP contribution < -0.4 is 4.74 Å². The summed E-state index contributed by atoms with van der Waals surface area (Å²) in [6, 6.07) is 6.22. The number of aliphatic carboxylic acids is 1. The summed E-state index contributed by atoms with van der Waals surface area (Å²) in [4.78, 5) is 25.2. The molecule has 1 heterocycles. The van der Waals surface area contributed by atoms with Crippen molar-refractivity contribution >= 4 is 21.7 Å². The lowest BCUT2D eigenvalue weighted by Gasteiger charge is -2.20. The fraction of sp³-hybridized carbons (Fsp3) is 0.556. The minimum absolute atomic E-state index is 0.0209. The van der Waals surface area contributed by atoms with Crippen molar-refractivity contribution in [2.45, 2.75) is 37.5 Å². The van der Waals surface area contributed by atoms with Gasteiger partial charge in [-0.15, -0.1) is 0 Å². The third-order valence-corrected chi connectivity index (χ3v) is 5.78. The highest BCUT2D eigenvalue weighted by molar-refractivity contribution is 7.90. The summed E-state index contributed by atoms with van der Waals surface area (Å²) in [6.07, 6.45) is 3.34. The molecule has 144 valence electrons. The number of ether oxygens (including phenoxy) is 1. The van der Waals surface area contributed by atoms with E-state index < -0.39 is 21.2 Å². The number of hydrogen-bond donors (Lipinski definition) is 1. The predicted octanol–water partition coefficient (Wildman–Crippen LogP) is 1.96. The van der Waals surface area contributed by atoms with E-state index in [4.69, 9.17) is 4.74 Å². The van der Waals surface area contributed by atoms with Crippen LogP contribution in [-0.2, 0) is 19.4 Å². The lowest BCUT2D eigenvalue weighted by atomic mass is 9.90. The van der Waals surface area contributed by atoms with Crippen LogP contribution in [0.1, 0.15) is 32.6 Å². The molecule has 1 atom stereocenters. The van der Waals surface area contributed by atoms with Gasteiger partial charge in [-0.1, -0.05) is 0 Å². The summed E-state index contributed by atoms with van der Waals surface area (Å²) >= 11 is 0. The highest BCUT2D eigenvalue weighted by atomic mass is 32.2. The number of unbranched alkanes of at least 4 members (excludes halogenated alkanes) is 1. The van der Waals surface area contributed by atoms with Gasteiger partial charge >= 0.3 is 5.97 Å². The first kappa shape index (κ1) is 20.2.